The zero-order valence-corrected chi connectivity index (χ0v) is 12.2. The molecule has 106 valence electrons. The minimum Gasteiger partial charge on any atom is -0.595 e. The van der Waals surface area contributed by atoms with Gasteiger partial charge in [0.2, 0.25) is 0 Å². The van der Waals surface area contributed by atoms with Crippen LogP contribution in [-0.4, -0.2) is 5.21 Å². The molecule has 6 heteroatoms. The smallest absolute Gasteiger partial charge is 0.163 e. The Morgan fingerprint density at radius 3 is 2.19 bits per heavy atom. The summed E-state index contributed by atoms with van der Waals surface area (Å²) in [6.07, 6.45) is 1.58. The number of nitrogens with one attached hydrogen (secondary N) is 1. The van der Waals surface area contributed by atoms with Gasteiger partial charge in [0.05, 0.1) is 11.6 Å². The molecule has 0 aromatic heterocycles. The molecule has 0 aliphatic carbocycles. The largest absolute Gasteiger partial charge is 0.595 e. The number of allylic oxidation sites excluding steroid dienone is 1. The van der Waals surface area contributed by atoms with Gasteiger partial charge in [-0.15, -0.1) is 0 Å². The van der Waals surface area contributed by atoms with Crippen LogP contribution >= 0.6 is 23.2 Å². The van der Waals surface area contributed by atoms with Crippen molar-refractivity contribution in [2.75, 3.05) is 0 Å². The van der Waals surface area contributed by atoms with Gasteiger partial charge in [0, 0.05) is 27.7 Å². The van der Waals surface area contributed by atoms with E-state index in [2.05, 4.69) is 6.07 Å². The fourth-order valence-corrected chi connectivity index (χ4v) is 2.27. The zero-order valence-electron chi connectivity index (χ0n) is 10.7. The second-order valence-corrected chi connectivity index (χ2v) is 5.00. The van der Waals surface area contributed by atoms with E-state index in [-0.39, 0.29) is 5.69 Å². The Bertz CT molecular complexity index is 699. The molecule has 0 saturated carbocycles. The number of quaternary nitrogens is 1. The Labute approximate surface area is 131 Å². The number of nitrogens with zero attached hydrogens (tertiary/aromatic N) is 1. The third kappa shape index (κ3) is 3.61. The third-order valence-electron chi connectivity index (χ3n) is 2.85. The summed E-state index contributed by atoms with van der Waals surface area (Å²) in [4.78, 5) is 0. The lowest BCUT2D eigenvalue weighted by Crippen LogP contribution is -2.99. The predicted octanol–water partition coefficient (Wildman–Crippen LogP) is 3.46. The molecule has 2 aromatic carbocycles. The highest BCUT2D eigenvalue weighted by Gasteiger charge is 2.08. The highest BCUT2D eigenvalue weighted by Crippen LogP contribution is 2.29. The molecule has 0 bridgehead atoms. The molecule has 2 aromatic rings. The first-order valence-electron chi connectivity index (χ1n) is 5.92. The van der Waals surface area contributed by atoms with E-state index in [0.29, 0.717) is 26.7 Å². The maximum atomic E-state index is 10.8. The number of hydrogen-bond donors (Lipinski definition) is 2. The first kappa shape index (κ1) is 15.5. The summed E-state index contributed by atoms with van der Waals surface area (Å²) in [6, 6.07) is 13.2. The molecule has 0 fully saturated rings. The molecule has 2 N–H and O–H groups in total. The van der Waals surface area contributed by atoms with Crippen molar-refractivity contribution in [2.24, 2.45) is 0 Å². The third-order valence-corrected chi connectivity index (χ3v) is 3.51. The lowest BCUT2D eigenvalue weighted by Gasteiger charge is -2.11. The van der Waals surface area contributed by atoms with Crippen molar-refractivity contribution < 1.29 is 10.4 Å². The standard InChI is InChI=1S/C15H10Cl2N2O2/c16-14-2-1-3-15(17)13(14)8-11(9-18)10-4-6-12(7-5-10)19(20)21/h1-8,19-20H/b11-8-. The topological polar surface area (TPSA) is 71.5 Å². The maximum Gasteiger partial charge on any atom is 0.163 e. The Kier molecular flexibility index (Phi) is 4.97. The van der Waals surface area contributed by atoms with Crippen molar-refractivity contribution in [3.8, 4) is 6.07 Å². The highest BCUT2D eigenvalue weighted by atomic mass is 35.5. The predicted molar refractivity (Wildman–Crippen MR) is 82.2 cm³/mol. The van der Waals surface area contributed by atoms with Crippen LogP contribution in [0.2, 0.25) is 10.0 Å². The zero-order chi connectivity index (χ0) is 15.4. The fourth-order valence-electron chi connectivity index (χ4n) is 1.77. The molecule has 4 nitrogen and oxygen atoms in total. The van der Waals surface area contributed by atoms with Crippen molar-refractivity contribution in [3.05, 3.63) is 68.8 Å². The van der Waals surface area contributed by atoms with Crippen LogP contribution in [-0.2, 0) is 0 Å². The molecule has 0 radical (unpaired) electrons. The Morgan fingerprint density at radius 2 is 1.71 bits per heavy atom. The molecule has 1 unspecified atom stereocenters. The highest BCUT2D eigenvalue weighted by molar-refractivity contribution is 6.37. The molecule has 0 aliphatic heterocycles. The van der Waals surface area contributed by atoms with Crippen molar-refractivity contribution in [3.63, 3.8) is 0 Å². The van der Waals surface area contributed by atoms with Gasteiger partial charge < -0.3 is 5.21 Å². The molecular formula is C15H10Cl2N2O2. The normalized spacial score (nSPS) is 12.8. The average molecular weight is 321 g/mol. The van der Waals surface area contributed by atoms with Crippen molar-refractivity contribution in [1.29, 1.82) is 5.26 Å². The Morgan fingerprint density at radius 1 is 1.14 bits per heavy atom. The quantitative estimate of drug-likeness (QED) is 0.517. The van der Waals surface area contributed by atoms with E-state index in [1.54, 1.807) is 36.4 Å². The lowest BCUT2D eigenvalue weighted by atomic mass is 10.0. The summed E-state index contributed by atoms with van der Waals surface area (Å²) < 4.78 is 0. The van der Waals surface area contributed by atoms with E-state index in [0.717, 1.165) is 0 Å². The molecule has 0 aliphatic rings. The van der Waals surface area contributed by atoms with Gasteiger partial charge in [-0.1, -0.05) is 29.3 Å². The van der Waals surface area contributed by atoms with Crippen LogP contribution in [0.3, 0.4) is 0 Å². The Hall–Kier alpha value is -1.87. The van der Waals surface area contributed by atoms with Crippen LogP contribution in [0.1, 0.15) is 11.1 Å². The van der Waals surface area contributed by atoms with Gasteiger partial charge in [-0.2, -0.15) is 10.5 Å². The van der Waals surface area contributed by atoms with Gasteiger partial charge in [-0.25, -0.2) is 5.21 Å². The van der Waals surface area contributed by atoms with Gasteiger partial charge in [0.15, 0.2) is 5.69 Å². The summed E-state index contributed by atoms with van der Waals surface area (Å²) in [6.45, 7) is 0. The summed E-state index contributed by atoms with van der Waals surface area (Å²) in [5.41, 5.74) is 1.66. The van der Waals surface area contributed by atoms with Gasteiger partial charge >= 0.3 is 0 Å². The summed E-state index contributed by atoms with van der Waals surface area (Å²) >= 11 is 12.1. The second kappa shape index (κ2) is 6.72. The Balaban J connectivity index is 2.45. The van der Waals surface area contributed by atoms with Gasteiger partial charge in [-0.05, 0) is 35.9 Å². The van der Waals surface area contributed by atoms with Crippen LogP contribution in [0.5, 0.6) is 0 Å². The molecule has 2 rings (SSSR count). The minimum atomic E-state index is -1.02. The molecule has 0 amide bonds. The van der Waals surface area contributed by atoms with E-state index in [9.17, 15) is 10.5 Å². The van der Waals surface area contributed by atoms with Gasteiger partial charge in [0.25, 0.3) is 0 Å². The van der Waals surface area contributed by atoms with Gasteiger partial charge in [0.1, 0.15) is 0 Å². The monoisotopic (exact) mass is 320 g/mol. The molecule has 21 heavy (non-hydrogen) atoms. The number of nitriles is 1. The SMILES string of the molecule is N#C/C(=C/c1c(Cl)cccc1Cl)c1ccc([NH+]([O-])O)cc1. The van der Waals surface area contributed by atoms with Crippen molar-refractivity contribution in [2.45, 2.75) is 0 Å². The first-order valence-corrected chi connectivity index (χ1v) is 6.68. The van der Waals surface area contributed by atoms with Crippen LogP contribution in [0.4, 0.5) is 5.69 Å². The number of halogens is 2. The summed E-state index contributed by atoms with van der Waals surface area (Å²) in [7, 11) is 0. The average Bonchev–Trinajstić information content (AvgIpc) is 2.47. The number of hydrogen-bond acceptors (Lipinski definition) is 3. The minimum absolute atomic E-state index is 0.159. The van der Waals surface area contributed by atoms with Crippen molar-refractivity contribution >= 4 is 40.5 Å². The van der Waals surface area contributed by atoms with Crippen LogP contribution in [0.15, 0.2) is 42.5 Å². The second-order valence-electron chi connectivity index (χ2n) is 4.19. The maximum absolute atomic E-state index is 10.8. The molecular weight excluding hydrogens is 311 g/mol. The summed E-state index contributed by atoms with van der Waals surface area (Å²) in [5, 5.41) is 28.8. The summed E-state index contributed by atoms with van der Waals surface area (Å²) in [5.74, 6) is 0. The van der Waals surface area contributed by atoms with E-state index < -0.39 is 5.23 Å². The van der Waals surface area contributed by atoms with Crippen LogP contribution in [0.25, 0.3) is 11.6 Å². The molecule has 1 atom stereocenters. The van der Waals surface area contributed by atoms with E-state index >= 15 is 0 Å². The van der Waals surface area contributed by atoms with Crippen molar-refractivity contribution in [1.82, 2.24) is 0 Å². The fraction of sp³-hybridized carbons (Fsp3) is 0. The van der Waals surface area contributed by atoms with Gasteiger partial charge in [-0.3, -0.25) is 0 Å². The van der Waals surface area contributed by atoms with E-state index in [4.69, 9.17) is 28.4 Å². The lowest BCUT2D eigenvalue weighted by molar-refractivity contribution is -0.991. The first-order chi connectivity index (χ1) is 10.0. The number of rotatable bonds is 3. The molecule has 0 saturated heterocycles. The van der Waals surface area contributed by atoms with E-state index in [1.165, 1.54) is 12.1 Å². The van der Waals surface area contributed by atoms with Crippen LogP contribution < -0.4 is 5.23 Å². The van der Waals surface area contributed by atoms with E-state index in [1.807, 2.05) is 0 Å². The van der Waals surface area contributed by atoms with Crippen LogP contribution in [0, 0.1) is 16.5 Å². The molecule has 0 spiro atoms. The molecule has 0 heterocycles. The number of benzene rings is 2.